The van der Waals surface area contributed by atoms with Gasteiger partial charge < -0.3 is 4.74 Å². The number of hydrogen-bond donors (Lipinski definition) is 0. The number of esters is 1. The van der Waals surface area contributed by atoms with E-state index in [0.29, 0.717) is 12.3 Å². The average molecular weight is 166 g/mol. The Hall–Kier alpha value is -1.23. The fraction of sp³-hybridized carbons (Fsp3) is 0.500. The van der Waals surface area contributed by atoms with Crippen LogP contribution >= 0.6 is 0 Å². The van der Waals surface area contributed by atoms with Crippen molar-refractivity contribution in [2.24, 2.45) is 5.92 Å². The highest BCUT2D eigenvalue weighted by Gasteiger charge is 1.93. The molecule has 0 N–H and O–H groups in total. The summed E-state index contributed by atoms with van der Waals surface area (Å²) >= 11 is 0. The Morgan fingerprint density at radius 1 is 1.75 bits per heavy atom. The minimum absolute atomic E-state index is 0.456. The first kappa shape index (κ1) is 10.8. The Morgan fingerprint density at radius 3 is 2.92 bits per heavy atom. The zero-order valence-electron chi connectivity index (χ0n) is 7.59. The lowest BCUT2D eigenvalue weighted by Crippen LogP contribution is -1.94. The van der Waals surface area contributed by atoms with E-state index in [9.17, 15) is 4.79 Å². The Morgan fingerprint density at radius 2 is 2.42 bits per heavy atom. The van der Waals surface area contributed by atoms with Crippen molar-refractivity contribution in [2.75, 3.05) is 7.11 Å². The maximum absolute atomic E-state index is 10.5. The second-order valence-corrected chi connectivity index (χ2v) is 2.55. The molecule has 0 saturated heterocycles. The second-order valence-electron chi connectivity index (χ2n) is 2.55. The van der Waals surface area contributed by atoms with E-state index in [4.69, 9.17) is 0 Å². The molecule has 0 bridgehead atoms. The first-order valence-electron chi connectivity index (χ1n) is 3.90. The van der Waals surface area contributed by atoms with Crippen molar-refractivity contribution in [3.8, 4) is 11.8 Å². The molecule has 66 valence electrons. The van der Waals surface area contributed by atoms with Crippen LogP contribution in [0, 0.1) is 17.8 Å². The van der Waals surface area contributed by atoms with Crippen molar-refractivity contribution in [1.82, 2.24) is 0 Å². The molecule has 0 aromatic carbocycles. The smallest absolute Gasteiger partial charge is 0.384 e. The summed E-state index contributed by atoms with van der Waals surface area (Å²) in [6, 6.07) is 0. The third-order valence-corrected chi connectivity index (χ3v) is 1.50. The molecular weight excluding hydrogens is 152 g/mol. The second kappa shape index (κ2) is 6.48. The predicted octanol–water partition coefficient (Wildman–Crippen LogP) is 1.77. The van der Waals surface area contributed by atoms with E-state index < -0.39 is 5.97 Å². The number of carbonyl (C=O) groups is 1. The number of hydrogen-bond acceptors (Lipinski definition) is 2. The normalized spacial score (nSPS) is 10.8. The maximum atomic E-state index is 10.5. The molecule has 0 aromatic heterocycles. The van der Waals surface area contributed by atoms with Crippen molar-refractivity contribution in [2.45, 2.75) is 19.8 Å². The largest absolute Gasteiger partial charge is 0.459 e. The van der Waals surface area contributed by atoms with Crippen LogP contribution in [0.2, 0.25) is 0 Å². The van der Waals surface area contributed by atoms with E-state index in [1.54, 1.807) is 0 Å². The van der Waals surface area contributed by atoms with Crippen LogP contribution in [0.1, 0.15) is 19.8 Å². The van der Waals surface area contributed by atoms with Crippen LogP contribution in [0.4, 0.5) is 0 Å². The third-order valence-electron chi connectivity index (χ3n) is 1.50. The SMILES string of the molecule is C=CC(C)CCC#CC(=O)OC. The summed E-state index contributed by atoms with van der Waals surface area (Å²) in [6.45, 7) is 5.71. The summed E-state index contributed by atoms with van der Waals surface area (Å²) in [5.74, 6) is 5.08. The van der Waals surface area contributed by atoms with Gasteiger partial charge in [-0.2, -0.15) is 0 Å². The van der Waals surface area contributed by atoms with E-state index in [2.05, 4.69) is 30.1 Å². The maximum Gasteiger partial charge on any atom is 0.384 e. The average Bonchev–Trinajstić information content (AvgIpc) is 2.11. The fourth-order valence-electron chi connectivity index (χ4n) is 0.603. The molecule has 2 nitrogen and oxygen atoms in total. The highest BCUT2D eigenvalue weighted by atomic mass is 16.5. The van der Waals surface area contributed by atoms with Gasteiger partial charge >= 0.3 is 5.97 Å². The first-order chi connectivity index (χ1) is 5.70. The van der Waals surface area contributed by atoms with E-state index in [1.165, 1.54) is 7.11 Å². The molecule has 0 amide bonds. The van der Waals surface area contributed by atoms with Gasteiger partial charge in [-0.25, -0.2) is 4.79 Å². The summed E-state index contributed by atoms with van der Waals surface area (Å²) in [5, 5.41) is 0. The molecule has 0 aliphatic carbocycles. The molecule has 0 fully saturated rings. The van der Waals surface area contributed by atoms with Crippen LogP contribution in [0.15, 0.2) is 12.7 Å². The molecule has 0 rings (SSSR count). The Labute approximate surface area is 73.6 Å². The molecule has 0 radical (unpaired) electrons. The van der Waals surface area contributed by atoms with E-state index in [1.807, 2.05) is 6.08 Å². The molecule has 0 aliphatic heterocycles. The van der Waals surface area contributed by atoms with Crippen molar-refractivity contribution < 1.29 is 9.53 Å². The van der Waals surface area contributed by atoms with E-state index in [-0.39, 0.29) is 0 Å². The van der Waals surface area contributed by atoms with Gasteiger partial charge in [0.05, 0.1) is 7.11 Å². The Balaban J connectivity index is 3.58. The van der Waals surface area contributed by atoms with Crippen molar-refractivity contribution in [3.63, 3.8) is 0 Å². The number of rotatable bonds is 3. The minimum Gasteiger partial charge on any atom is -0.459 e. The van der Waals surface area contributed by atoms with Crippen LogP contribution in [-0.4, -0.2) is 13.1 Å². The van der Waals surface area contributed by atoms with Gasteiger partial charge in [0.25, 0.3) is 0 Å². The topological polar surface area (TPSA) is 26.3 Å². The lowest BCUT2D eigenvalue weighted by molar-refractivity contribution is -0.133. The molecule has 0 spiro atoms. The van der Waals surface area contributed by atoms with Crippen LogP contribution in [0.5, 0.6) is 0 Å². The molecule has 1 atom stereocenters. The number of allylic oxidation sites excluding steroid dienone is 1. The van der Waals surface area contributed by atoms with E-state index in [0.717, 1.165) is 6.42 Å². The molecule has 0 heterocycles. The minimum atomic E-state index is -0.471. The van der Waals surface area contributed by atoms with Crippen molar-refractivity contribution in [3.05, 3.63) is 12.7 Å². The first-order valence-corrected chi connectivity index (χ1v) is 3.90. The highest BCUT2D eigenvalue weighted by Crippen LogP contribution is 2.04. The standard InChI is InChI=1S/C10H14O2/c1-4-9(2)7-5-6-8-10(11)12-3/h4,9H,1,5,7H2,2-3H3. The zero-order valence-corrected chi connectivity index (χ0v) is 7.59. The van der Waals surface area contributed by atoms with Gasteiger partial charge in [-0.05, 0) is 12.3 Å². The van der Waals surface area contributed by atoms with Gasteiger partial charge in [-0.3, -0.25) is 0 Å². The molecule has 12 heavy (non-hydrogen) atoms. The molecule has 2 heteroatoms. The fourth-order valence-corrected chi connectivity index (χ4v) is 0.603. The summed E-state index contributed by atoms with van der Waals surface area (Å²) in [5.41, 5.74) is 0. The van der Waals surface area contributed by atoms with Gasteiger partial charge in [0.2, 0.25) is 0 Å². The van der Waals surface area contributed by atoms with Gasteiger partial charge in [-0.1, -0.05) is 18.9 Å². The Kier molecular flexibility index (Phi) is 5.81. The summed E-state index contributed by atoms with van der Waals surface area (Å²) in [4.78, 5) is 10.5. The van der Waals surface area contributed by atoms with Gasteiger partial charge in [0.15, 0.2) is 0 Å². The lowest BCUT2D eigenvalue weighted by atomic mass is 10.1. The predicted molar refractivity (Wildman–Crippen MR) is 48.4 cm³/mol. The molecule has 0 aromatic rings. The summed E-state index contributed by atoms with van der Waals surface area (Å²) in [7, 11) is 1.32. The van der Waals surface area contributed by atoms with E-state index >= 15 is 0 Å². The zero-order chi connectivity index (χ0) is 9.40. The Bertz CT molecular complexity index is 208. The molecule has 1 unspecified atom stereocenters. The number of methoxy groups -OCH3 is 1. The van der Waals surface area contributed by atoms with Crippen LogP contribution < -0.4 is 0 Å². The molecular formula is C10H14O2. The van der Waals surface area contributed by atoms with Crippen LogP contribution in [-0.2, 0) is 9.53 Å². The van der Waals surface area contributed by atoms with Gasteiger partial charge in [0, 0.05) is 12.3 Å². The lowest BCUT2D eigenvalue weighted by Gasteiger charge is -1.98. The van der Waals surface area contributed by atoms with Crippen molar-refractivity contribution >= 4 is 5.97 Å². The number of ether oxygens (including phenoxy) is 1. The highest BCUT2D eigenvalue weighted by molar-refractivity contribution is 5.88. The molecule has 0 aliphatic rings. The van der Waals surface area contributed by atoms with Crippen LogP contribution in [0.3, 0.4) is 0 Å². The monoisotopic (exact) mass is 166 g/mol. The quantitative estimate of drug-likeness (QED) is 0.276. The van der Waals surface area contributed by atoms with Gasteiger partial charge in [-0.15, -0.1) is 6.58 Å². The summed E-state index contributed by atoms with van der Waals surface area (Å²) in [6.07, 6.45) is 3.52. The molecule has 0 saturated carbocycles. The van der Waals surface area contributed by atoms with Crippen LogP contribution in [0.25, 0.3) is 0 Å². The summed E-state index contributed by atoms with van der Waals surface area (Å²) < 4.78 is 4.35. The number of carbonyl (C=O) groups excluding carboxylic acids is 1. The van der Waals surface area contributed by atoms with Gasteiger partial charge in [0.1, 0.15) is 0 Å². The van der Waals surface area contributed by atoms with Crippen molar-refractivity contribution in [1.29, 1.82) is 0 Å². The third kappa shape index (κ3) is 5.55.